The van der Waals surface area contributed by atoms with Crippen molar-refractivity contribution in [2.45, 2.75) is 57.2 Å². The molecule has 0 aliphatic carbocycles. The molecule has 2 aliphatic heterocycles. The second kappa shape index (κ2) is 7.13. The van der Waals surface area contributed by atoms with E-state index in [4.69, 9.17) is 4.52 Å². The van der Waals surface area contributed by atoms with Crippen molar-refractivity contribution in [2.75, 3.05) is 0 Å². The lowest BCUT2D eigenvalue weighted by Crippen LogP contribution is -2.41. The fourth-order valence-corrected chi connectivity index (χ4v) is 4.95. The highest BCUT2D eigenvalue weighted by Crippen LogP contribution is 2.44. The second-order valence-corrected chi connectivity index (χ2v) is 8.15. The molecule has 5 rings (SSSR count). The maximum Gasteiger partial charge on any atom is 0.151 e. The second-order valence-electron chi connectivity index (χ2n) is 8.15. The molecule has 2 aliphatic rings. The first-order valence-electron chi connectivity index (χ1n) is 10.0. The van der Waals surface area contributed by atoms with Gasteiger partial charge in [-0.05, 0) is 67.9 Å². The number of hydrogen-bond acceptors (Lipinski definition) is 4. The maximum atomic E-state index is 13.6. The van der Waals surface area contributed by atoms with Gasteiger partial charge in [-0.2, -0.15) is 0 Å². The Bertz CT molecular complexity index is 957. The third-order valence-electron chi connectivity index (χ3n) is 6.41. The molecule has 28 heavy (non-hydrogen) atoms. The SMILES string of the molecule is Cc1cc(C2C[C@H]3CC[C@@H](C2)N3Cc2cc(-c3ccncc3)no2)ccc1F. The fraction of sp³-hybridized carbons (Fsp3) is 0.391. The number of aromatic nitrogens is 2. The Morgan fingerprint density at radius 3 is 2.54 bits per heavy atom. The van der Waals surface area contributed by atoms with Gasteiger partial charge in [-0.3, -0.25) is 9.88 Å². The molecular weight excluding hydrogens is 353 g/mol. The summed E-state index contributed by atoms with van der Waals surface area (Å²) in [4.78, 5) is 6.64. The van der Waals surface area contributed by atoms with E-state index in [-0.39, 0.29) is 5.82 Å². The molecule has 144 valence electrons. The molecule has 3 aromatic rings. The molecule has 1 unspecified atom stereocenters. The van der Waals surface area contributed by atoms with Crippen molar-refractivity contribution in [1.82, 2.24) is 15.0 Å². The number of pyridine rings is 1. The molecule has 0 N–H and O–H groups in total. The van der Waals surface area contributed by atoms with Gasteiger partial charge in [0.2, 0.25) is 0 Å². The Balaban J connectivity index is 1.30. The molecule has 0 saturated carbocycles. The zero-order valence-electron chi connectivity index (χ0n) is 16.0. The molecule has 3 atom stereocenters. The largest absolute Gasteiger partial charge is 0.359 e. The monoisotopic (exact) mass is 377 g/mol. The molecule has 4 heterocycles. The number of piperidine rings is 1. The standard InChI is InChI=1S/C23H24FN3O/c1-15-10-17(2-5-22(15)24)18-11-19-3-4-20(12-18)27(19)14-21-13-23(26-28-21)16-6-8-25-9-7-16/h2,5-10,13,18-20H,3-4,11-12,14H2,1H3/t18?,19-,20+. The lowest BCUT2D eigenvalue weighted by Gasteiger charge is -2.38. The lowest BCUT2D eigenvalue weighted by atomic mass is 9.84. The van der Waals surface area contributed by atoms with Crippen LogP contribution < -0.4 is 0 Å². The summed E-state index contributed by atoms with van der Waals surface area (Å²) < 4.78 is 19.3. The van der Waals surface area contributed by atoms with E-state index in [1.54, 1.807) is 18.5 Å². The van der Waals surface area contributed by atoms with Gasteiger partial charge in [-0.15, -0.1) is 0 Å². The average molecular weight is 377 g/mol. The normalized spacial score (nSPS) is 24.6. The first kappa shape index (κ1) is 17.6. The summed E-state index contributed by atoms with van der Waals surface area (Å²) in [5.74, 6) is 1.33. The van der Waals surface area contributed by atoms with Gasteiger partial charge in [0, 0.05) is 36.1 Å². The Labute approximate surface area is 164 Å². The summed E-state index contributed by atoms with van der Waals surface area (Å²) in [5.41, 5.74) is 3.92. The third kappa shape index (κ3) is 3.24. The number of fused-ring (bicyclic) bond motifs is 2. The molecule has 5 heteroatoms. The minimum Gasteiger partial charge on any atom is -0.359 e. The van der Waals surface area contributed by atoms with E-state index in [1.165, 1.54) is 18.4 Å². The number of nitrogens with zero attached hydrogens (tertiary/aromatic N) is 3. The van der Waals surface area contributed by atoms with Crippen LogP contribution in [-0.2, 0) is 6.54 Å². The van der Waals surface area contributed by atoms with Gasteiger partial charge < -0.3 is 4.52 Å². The van der Waals surface area contributed by atoms with E-state index in [2.05, 4.69) is 15.0 Å². The van der Waals surface area contributed by atoms with Crippen LogP contribution >= 0.6 is 0 Å². The van der Waals surface area contributed by atoms with Gasteiger partial charge in [0.05, 0.1) is 6.54 Å². The van der Waals surface area contributed by atoms with Gasteiger partial charge in [-0.1, -0.05) is 17.3 Å². The van der Waals surface area contributed by atoms with Crippen LogP contribution in [0.5, 0.6) is 0 Å². The molecular formula is C23H24FN3O. The Kier molecular flexibility index (Phi) is 4.47. The number of rotatable bonds is 4. The molecule has 2 saturated heterocycles. The van der Waals surface area contributed by atoms with E-state index in [0.29, 0.717) is 18.0 Å². The third-order valence-corrected chi connectivity index (χ3v) is 6.41. The van der Waals surface area contributed by atoms with Gasteiger partial charge >= 0.3 is 0 Å². The maximum absolute atomic E-state index is 13.6. The van der Waals surface area contributed by atoms with E-state index in [0.717, 1.165) is 42.0 Å². The first-order valence-corrected chi connectivity index (χ1v) is 10.0. The van der Waals surface area contributed by atoms with Crippen LogP contribution in [0.4, 0.5) is 4.39 Å². The zero-order chi connectivity index (χ0) is 19.1. The first-order chi connectivity index (χ1) is 13.7. The average Bonchev–Trinajstić information content (AvgIpc) is 3.26. The van der Waals surface area contributed by atoms with Crippen LogP contribution in [0.3, 0.4) is 0 Å². The minimum atomic E-state index is -0.112. The van der Waals surface area contributed by atoms with Crippen LogP contribution in [0.25, 0.3) is 11.3 Å². The highest BCUT2D eigenvalue weighted by molar-refractivity contribution is 5.57. The topological polar surface area (TPSA) is 42.2 Å². The summed E-state index contributed by atoms with van der Waals surface area (Å²) in [6.07, 6.45) is 8.26. The summed E-state index contributed by atoms with van der Waals surface area (Å²) in [6.45, 7) is 2.66. The number of hydrogen-bond donors (Lipinski definition) is 0. The summed E-state index contributed by atoms with van der Waals surface area (Å²) in [6, 6.07) is 12.7. The van der Waals surface area contributed by atoms with Crippen molar-refractivity contribution in [3.05, 3.63) is 71.5 Å². The van der Waals surface area contributed by atoms with Crippen molar-refractivity contribution < 1.29 is 8.91 Å². The molecule has 0 spiro atoms. The molecule has 0 radical (unpaired) electrons. The predicted octanol–water partition coefficient (Wildman–Crippen LogP) is 5.09. The zero-order valence-corrected chi connectivity index (χ0v) is 16.0. The molecule has 2 bridgehead atoms. The van der Waals surface area contributed by atoms with Gasteiger partial charge in [0.1, 0.15) is 11.5 Å². The van der Waals surface area contributed by atoms with Crippen LogP contribution in [-0.4, -0.2) is 27.1 Å². The minimum absolute atomic E-state index is 0.112. The quantitative estimate of drug-likeness (QED) is 0.635. The highest BCUT2D eigenvalue weighted by Gasteiger charge is 2.41. The Morgan fingerprint density at radius 2 is 1.82 bits per heavy atom. The Hall–Kier alpha value is -2.53. The van der Waals surface area contributed by atoms with E-state index < -0.39 is 0 Å². The molecule has 2 aromatic heterocycles. The molecule has 0 amide bonds. The van der Waals surface area contributed by atoms with Crippen molar-refractivity contribution in [1.29, 1.82) is 0 Å². The number of benzene rings is 1. The molecule has 4 nitrogen and oxygen atoms in total. The summed E-state index contributed by atoms with van der Waals surface area (Å²) in [7, 11) is 0. The molecule has 2 fully saturated rings. The summed E-state index contributed by atoms with van der Waals surface area (Å²) >= 11 is 0. The van der Waals surface area contributed by atoms with Crippen molar-refractivity contribution in [3.8, 4) is 11.3 Å². The molecule has 1 aromatic carbocycles. The van der Waals surface area contributed by atoms with Crippen molar-refractivity contribution in [3.63, 3.8) is 0 Å². The van der Waals surface area contributed by atoms with Crippen LogP contribution in [0.1, 0.15) is 48.5 Å². The number of halogens is 1. The van der Waals surface area contributed by atoms with Crippen LogP contribution in [0, 0.1) is 12.7 Å². The van der Waals surface area contributed by atoms with Crippen LogP contribution in [0.15, 0.2) is 53.3 Å². The van der Waals surface area contributed by atoms with E-state index in [9.17, 15) is 4.39 Å². The van der Waals surface area contributed by atoms with Crippen molar-refractivity contribution >= 4 is 0 Å². The van der Waals surface area contributed by atoms with Crippen LogP contribution in [0.2, 0.25) is 0 Å². The van der Waals surface area contributed by atoms with E-state index >= 15 is 0 Å². The fourth-order valence-electron chi connectivity index (χ4n) is 4.95. The smallest absolute Gasteiger partial charge is 0.151 e. The summed E-state index contributed by atoms with van der Waals surface area (Å²) in [5, 5.41) is 4.24. The lowest BCUT2D eigenvalue weighted by molar-refractivity contribution is 0.106. The highest BCUT2D eigenvalue weighted by atomic mass is 19.1. The number of aryl methyl sites for hydroxylation is 1. The van der Waals surface area contributed by atoms with Crippen molar-refractivity contribution in [2.24, 2.45) is 0 Å². The predicted molar refractivity (Wildman–Crippen MR) is 105 cm³/mol. The van der Waals surface area contributed by atoms with E-state index in [1.807, 2.05) is 37.3 Å². The Morgan fingerprint density at radius 1 is 1.07 bits per heavy atom. The van der Waals surface area contributed by atoms with Gasteiger partial charge in [-0.25, -0.2) is 4.39 Å². The van der Waals surface area contributed by atoms with Gasteiger partial charge in [0.15, 0.2) is 5.76 Å². The van der Waals surface area contributed by atoms with Gasteiger partial charge in [0.25, 0.3) is 0 Å².